The summed E-state index contributed by atoms with van der Waals surface area (Å²) < 4.78 is 26.9. The molecule has 2 N–H and O–H groups in total. The Morgan fingerprint density at radius 3 is 2.58 bits per heavy atom. The zero-order valence-corrected chi connectivity index (χ0v) is 12.3. The largest absolute Gasteiger partial charge is 0.335 e. The fourth-order valence-electron chi connectivity index (χ4n) is 2.69. The number of imidazole rings is 1. The first-order chi connectivity index (χ1) is 8.96. The lowest BCUT2D eigenvalue weighted by Gasteiger charge is -2.43. The van der Waals surface area contributed by atoms with E-state index in [1.807, 2.05) is 14.1 Å². The summed E-state index contributed by atoms with van der Waals surface area (Å²) in [5.74, 6) is 0. The van der Waals surface area contributed by atoms with Gasteiger partial charge in [0.25, 0.3) is 10.0 Å². The Labute approximate surface area is 114 Å². The molecular weight excluding hydrogens is 264 g/mol. The molecule has 6 nitrogen and oxygen atoms in total. The van der Waals surface area contributed by atoms with Gasteiger partial charge in [-0.1, -0.05) is 19.3 Å². The Bertz CT molecular complexity index is 490. The molecule has 0 unspecified atom stereocenters. The van der Waals surface area contributed by atoms with E-state index in [1.54, 1.807) is 0 Å². The smallest absolute Gasteiger partial charge is 0.257 e. The number of aromatic nitrogens is 2. The van der Waals surface area contributed by atoms with Crippen LogP contribution in [0, 0.1) is 0 Å². The van der Waals surface area contributed by atoms with Crippen LogP contribution < -0.4 is 4.72 Å². The third-order valence-electron chi connectivity index (χ3n) is 4.09. The fourth-order valence-corrected chi connectivity index (χ4v) is 3.71. The lowest BCUT2D eigenvalue weighted by molar-refractivity contribution is 0.105. The number of rotatable bonds is 5. The van der Waals surface area contributed by atoms with Crippen LogP contribution in [0.1, 0.15) is 32.1 Å². The summed E-state index contributed by atoms with van der Waals surface area (Å²) in [7, 11) is 0.565. The molecular formula is C12H22N4O2S. The molecule has 1 aliphatic carbocycles. The molecule has 2 rings (SSSR count). The topological polar surface area (TPSA) is 78.1 Å². The number of hydrogen-bond acceptors (Lipinski definition) is 4. The molecule has 0 aliphatic heterocycles. The predicted octanol–water partition coefficient (Wildman–Crippen LogP) is 0.952. The molecule has 19 heavy (non-hydrogen) atoms. The lowest BCUT2D eigenvalue weighted by atomic mass is 9.81. The molecule has 1 saturated carbocycles. The van der Waals surface area contributed by atoms with Gasteiger partial charge in [0.1, 0.15) is 0 Å². The lowest BCUT2D eigenvalue weighted by Crippen LogP contribution is -2.53. The maximum Gasteiger partial charge on any atom is 0.257 e. The van der Waals surface area contributed by atoms with Crippen LogP contribution in [0.15, 0.2) is 17.6 Å². The highest BCUT2D eigenvalue weighted by Crippen LogP contribution is 2.31. The second-order valence-corrected chi connectivity index (χ2v) is 7.16. The van der Waals surface area contributed by atoms with Crippen molar-refractivity contribution in [3.05, 3.63) is 12.5 Å². The van der Waals surface area contributed by atoms with Crippen LogP contribution >= 0.6 is 0 Å². The van der Waals surface area contributed by atoms with Gasteiger partial charge in [-0.2, -0.15) is 0 Å². The number of sulfonamides is 1. The summed E-state index contributed by atoms with van der Waals surface area (Å²) in [4.78, 5) is 8.54. The molecule has 0 saturated heterocycles. The third-order valence-corrected chi connectivity index (χ3v) is 5.41. The Morgan fingerprint density at radius 2 is 2.05 bits per heavy atom. The van der Waals surface area contributed by atoms with Crippen molar-refractivity contribution >= 4 is 10.0 Å². The Hall–Kier alpha value is -0.920. The molecule has 1 aromatic rings. The van der Waals surface area contributed by atoms with Crippen LogP contribution in [0.2, 0.25) is 0 Å². The molecule has 1 aromatic heterocycles. The van der Waals surface area contributed by atoms with E-state index in [9.17, 15) is 8.42 Å². The van der Waals surface area contributed by atoms with Gasteiger partial charge in [0.2, 0.25) is 0 Å². The van der Waals surface area contributed by atoms with E-state index in [1.165, 1.54) is 18.9 Å². The Morgan fingerprint density at radius 1 is 1.37 bits per heavy atom. The highest BCUT2D eigenvalue weighted by Gasteiger charge is 2.35. The van der Waals surface area contributed by atoms with Gasteiger partial charge in [-0.3, -0.25) is 0 Å². The number of likely N-dealkylation sites (N-methyl/N-ethyl adjacent to an activating group) is 1. The summed E-state index contributed by atoms with van der Waals surface area (Å²) in [6, 6.07) is 0. The molecule has 0 bridgehead atoms. The van der Waals surface area contributed by atoms with Crippen LogP contribution in [0.3, 0.4) is 0 Å². The first kappa shape index (κ1) is 14.5. The molecule has 0 amide bonds. The van der Waals surface area contributed by atoms with E-state index in [-0.39, 0.29) is 10.6 Å². The van der Waals surface area contributed by atoms with Gasteiger partial charge < -0.3 is 9.88 Å². The molecule has 0 spiro atoms. The average Bonchev–Trinajstić information content (AvgIpc) is 2.92. The van der Waals surface area contributed by atoms with E-state index in [0.717, 1.165) is 25.7 Å². The quantitative estimate of drug-likeness (QED) is 0.845. The van der Waals surface area contributed by atoms with Crippen LogP contribution in [0.25, 0.3) is 0 Å². The highest BCUT2D eigenvalue weighted by molar-refractivity contribution is 7.89. The molecule has 0 atom stereocenters. The summed E-state index contributed by atoms with van der Waals surface area (Å²) >= 11 is 0. The number of hydrogen-bond donors (Lipinski definition) is 2. The summed E-state index contributed by atoms with van der Waals surface area (Å²) in [5, 5.41) is 0.122. The van der Waals surface area contributed by atoms with Gasteiger partial charge in [-0.05, 0) is 26.9 Å². The zero-order chi connectivity index (χ0) is 13.9. The molecule has 7 heteroatoms. The monoisotopic (exact) mass is 286 g/mol. The SMILES string of the molecule is CN(C)C1(CNS(=O)(=O)c2cnc[nH]2)CCCCC1. The van der Waals surface area contributed by atoms with Crippen molar-refractivity contribution in [3.8, 4) is 0 Å². The van der Waals surface area contributed by atoms with E-state index >= 15 is 0 Å². The van der Waals surface area contributed by atoms with Crippen molar-refractivity contribution in [2.75, 3.05) is 20.6 Å². The van der Waals surface area contributed by atoms with Gasteiger partial charge in [0.15, 0.2) is 5.03 Å². The number of nitrogens with one attached hydrogen (secondary N) is 2. The second-order valence-electron chi connectivity index (χ2n) is 5.42. The van der Waals surface area contributed by atoms with Crippen molar-refractivity contribution in [1.29, 1.82) is 0 Å². The summed E-state index contributed by atoms with van der Waals surface area (Å²) in [6.07, 6.45) is 8.32. The third kappa shape index (κ3) is 3.16. The second kappa shape index (κ2) is 5.60. The van der Waals surface area contributed by atoms with Crippen molar-refractivity contribution in [2.24, 2.45) is 0 Å². The van der Waals surface area contributed by atoms with Crippen molar-refractivity contribution in [1.82, 2.24) is 19.6 Å². The first-order valence-electron chi connectivity index (χ1n) is 6.62. The van der Waals surface area contributed by atoms with E-state index in [4.69, 9.17) is 0 Å². The molecule has 108 valence electrons. The maximum atomic E-state index is 12.1. The van der Waals surface area contributed by atoms with Crippen molar-refractivity contribution in [2.45, 2.75) is 42.7 Å². The van der Waals surface area contributed by atoms with E-state index in [0.29, 0.717) is 6.54 Å². The maximum absolute atomic E-state index is 12.1. The minimum atomic E-state index is -3.48. The zero-order valence-electron chi connectivity index (χ0n) is 11.5. The van der Waals surface area contributed by atoms with Gasteiger partial charge in [-0.25, -0.2) is 18.1 Å². The van der Waals surface area contributed by atoms with Gasteiger partial charge >= 0.3 is 0 Å². The minimum absolute atomic E-state index is 0.0641. The summed E-state index contributed by atoms with van der Waals surface area (Å²) in [5.41, 5.74) is -0.0641. The number of nitrogens with zero attached hydrogens (tertiary/aromatic N) is 2. The minimum Gasteiger partial charge on any atom is -0.335 e. The van der Waals surface area contributed by atoms with Gasteiger partial charge in [0, 0.05) is 12.1 Å². The molecule has 0 radical (unpaired) electrons. The molecule has 1 aliphatic rings. The van der Waals surface area contributed by atoms with Crippen LogP contribution in [-0.4, -0.2) is 49.5 Å². The number of aromatic amines is 1. The van der Waals surface area contributed by atoms with Gasteiger partial charge in [0.05, 0.1) is 12.5 Å². The van der Waals surface area contributed by atoms with E-state index in [2.05, 4.69) is 19.6 Å². The predicted molar refractivity (Wildman–Crippen MR) is 73.3 cm³/mol. The van der Waals surface area contributed by atoms with Crippen molar-refractivity contribution in [3.63, 3.8) is 0 Å². The summed E-state index contributed by atoms with van der Waals surface area (Å²) in [6.45, 7) is 0.446. The Kier molecular flexibility index (Phi) is 4.27. The fraction of sp³-hybridized carbons (Fsp3) is 0.750. The highest BCUT2D eigenvalue weighted by atomic mass is 32.2. The van der Waals surface area contributed by atoms with Gasteiger partial charge in [-0.15, -0.1) is 0 Å². The van der Waals surface area contributed by atoms with Crippen LogP contribution in [0.5, 0.6) is 0 Å². The van der Waals surface area contributed by atoms with Crippen LogP contribution in [-0.2, 0) is 10.0 Å². The first-order valence-corrected chi connectivity index (χ1v) is 8.10. The molecule has 1 fully saturated rings. The van der Waals surface area contributed by atoms with Crippen LogP contribution in [0.4, 0.5) is 0 Å². The van der Waals surface area contributed by atoms with Crippen molar-refractivity contribution < 1.29 is 8.42 Å². The molecule has 0 aromatic carbocycles. The standard InChI is InChI=1S/C12H22N4O2S/c1-16(2)12(6-4-3-5-7-12)9-15-19(17,18)11-8-13-10-14-11/h8,10,15H,3-7,9H2,1-2H3,(H,13,14). The average molecular weight is 286 g/mol. The number of H-pyrrole nitrogens is 1. The van der Waals surface area contributed by atoms with E-state index < -0.39 is 10.0 Å². The molecule has 1 heterocycles. The normalized spacial score (nSPS) is 19.7. The Balaban J connectivity index is 2.07.